The molecule has 5 nitrogen and oxygen atoms in total. The van der Waals surface area contributed by atoms with E-state index >= 15 is 0 Å². The molecule has 0 aliphatic heterocycles. The predicted molar refractivity (Wildman–Crippen MR) is 128 cm³/mol. The quantitative estimate of drug-likeness (QED) is 0.376. The maximum absolute atomic E-state index is 12.6. The first kappa shape index (κ1) is 24.1. The Morgan fingerprint density at radius 2 is 1.62 bits per heavy atom. The zero-order valence-corrected chi connectivity index (χ0v) is 20.6. The van der Waals surface area contributed by atoms with Crippen molar-refractivity contribution in [1.82, 2.24) is 9.29 Å². The van der Waals surface area contributed by atoms with Gasteiger partial charge in [0.25, 0.3) is 0 Å². The lowest BCUT2D eigenvalue weighted by Crippen LogP contribution is -2.30. The van der Waals surface area contributed by atoms with Gasteiger partial charge in [-0.2, -0.15) is 4.31 Å². The summed E-state index contributed by atoms with van der Waals surface area (Å²) in [5, 5.41) is 6.85. The van der Waals surface area contributed by atoms with Crippen molar-refractivity contribution in [2.75, 3.05) is 18.4 Å². The number of sulfonamides is 1. The van der Waals surface area contributed by atoms with E-state index in [2.05, 4.69) is 10.3 Å². The highest BCUT2D eigenvalue weighted by Gasteiger charge is 2.21. The van der Waals surface area contributed by atoms with E-state index in [1.54, 1.807) is 42.5 Å². The molecular formula is C19H20BrCl2N3O2S2. The number of hydrogen-bond acceptors (Lipinski definition) is 5. The van der Waals surface area contributed by atoms with Crippen molar-refractivity contribution in [1.29, 1.82) is 0 Å². The molecule has 1 heterocycles. The van der Waals surface area contributed by atoms with Crippen LogP contribution in [0.1, 0.15) is 13.8 Å². The van der Waals surface area contributed by atoms with Gasteiger partial charge in [-0.3, -0.25) is 0 Å². The van der Waals surface area contributed by atoms with Gasteiger partial charge in [-0.05, 0) is 30.3 Å². The predicted octanol–water partition coefficient (Wildman–Crippen LogP) is 6.47. The molecule has 0 unspecified atom stereocenters. The highest BCUT2D eigenvalue weighted by Crippen LogP contribution is 2.30. The van der Waals surface area contributed by atoms with Gasteiger partial charge < -0.3 is 5.32 Å². The minimum Gasteiger partial charge on any atom is -0.331 e. The van der Waals surface area contributed by atoms with Gasteiger partial charge in [0.2, 0.25) is 10.0 Å². The number of aromatic nitrogens is 1. The highest BCUT2D eigenvalue weighted by molar-refractivity contribution is 8.93. The number of thiazole rings is 1. The summed E-state index contributed by atoms with van der Waals surface area (Å²) >= 11 is 13.5. The molecule has 10 heteroatoms. The lowest BCUT2D eigenvalue weighted by molar-refractivity contribution is 0.445. The molecule has 0 saturated carbocycles. The normalized spacial score (nSPS) is 11.3. The molecule has 0 spiro atoms. The molecule has 0 atom stereocenters. The second-order valence-corrected chi connectivity index (χ2v) is 9.60. The Morgan fingerprint density at radius 3 is 2.17 bits per heavy atom. The van der Waals surface area contributed by atoms with Crippen LogP contribution in [0.4, 0.5) is 10.8 Å². The maximum atomic E-state index is 12.6. The fourth-order valence-corrected chi connectivity index (χ4v) is 5.45. The van der Waals surface area contributed by atoms with E-state index in [1.807, 2.05) is 19.2 Å². The fourth-order valence-electron chi connectivity index (χ4n) is 2.72. The summed E-state index contributed by atoms with van der Waals surface area (Å²) in [7, 11) is -3.47. The molecule has 156 valence electrons. The second-order valence-electron chi connectivity index (χ2n) is 5.93. The number of anilines is 2. The molecule has 0 fully saturated rings. The first-order chi connectivity index (χ1) is 13.3. The van der Waals surface area contributed by atoms with Crippen LogP contribution in [0.5, 0.6) is 0 Å². The van der Waals surface area contributed by atoms with E-state index in [-0.39, 0.29) is 21.9 Å². The van der Waals surface area contributed by atoms with Crippen LogP contribution in [0.15, 0.2) is 52.7 Å². The third kappa shape index (κ3) is 5.71. The van der Waals surface area contributed by atoms with Gasteiger partial charge in [-0.1, -0.05) is 49.2 Å². The Hall–Kier alpha value is -1.16. The second kappa shape index (κ2) is 10.2. The number of rotatable bonds is 7. The molecule has 2 aromatic carbocycles. The standard InChI is InChI=1S/C19H19Cl2N3O2S2.BrH/c1-3-24(4-2)28(25,26)17-7-5-13(6-8-17)18-12-27-19(23-18)22-16-10-14(20)9-15(21)11-16;/h5-12H,3-4H2,1-2H3,(H,22,23);1H. The van der Waals surface area contributed by atoms with Crippen LogP contribution in [0.25, 0.3) is 11.3 Å². The van der Waals surface area contributed by atoms with Crippen LogP contribution < -0.4 is 5.32 Å². The van der Waals surface area contributed by atoms with Crippen LogP contribution >= 0.6 is 51.5 Å². The number of nitrogens with one attached hydrogen (secondary N) is 1. The van der Waals surface area contributed by atoms with Crippen molar-refractivity contribution in [2.24, 2.45) is 0 Å². The Kier molecular flexibility index (Phi) is 8.51. The average Bonchev–Trinajstić information content (AvgIpc) is 3.10. The Morgan fingerprint density at radius 1 is 1.03 bits per heavy atom. The van der Waals surface area contributed by atoms with Gasteiger partial charge in [0.15, 0.2) is 5.13 Å². The van der Waals surface area contributed by atoms with Gasteiger partial charge in [0, 0.05) is 39.8 Å². The summed E-state index contributed by atoms with van der Waals surface area (Å²) in [4.78, 5) is 4.84. The van der Waals surface area contributed by atoms with Crippen LogP contribution in [-0.4, -0.2) is 30.8 Å². The molecule has 29 heavy (non-hydrogen) atoms. The molecule has 0 saturated heterocycles. The van der Waals surface area contributed by atoms with Crippen molar-refractivity contribution in [3.05, 3.63) is 57.9 Å². The average molecular weight is 537 g/mol. The Balaban J connectivity index is 0.00000300. The third-order valence-electron chi connectivity index (χ3n) is 4.11. The van der Waals surface area contributed by atoms with Crippen molar-refractivity contribution < 1.29 is 8.42 Å². The van der Waals surface area contributed by atoms with Gasteiger partial charge in [0.1, 0.15) is 0 Å². The molecule has 3 rings (SSSR count). The van der Waals surface area contributed by atoms with Crippen LogP contribution in [0.3, 0.4) is 0 Å². The molecular weight excluding hydrogens is 517 g/mol. The summed E-state index contributed by atoms with van der Waals surface area (Å²) in [5.74, 6) is 0. The zero-order valence-electron chi connectivity index (χ0n) is 15.7. The number of benzene rings is 2. The monoisotopic (exact) mass is 535 g/mol. The summed E-state index contributed by atoms with van der Waals surface area (Å²) in [5.41, 5.74) is 2.35. The smallest absolute Gasteiger partial charge is 0.243 e. The zero-order chi connectivity index (χ0) is 20.3. The number of nitrogens with zero attached hydrogens (tertiary/aromatic N) is 2. The molecule has 3 aromatic rings. The van der Waals surface area contributed by atoms with E-state index in [9.17, 15) is 8.42 Å². The molecule has 0 aliphatic rings. The summed E-state index contributed by atoms with van der Waals surface area (Å²) < 4.78 is 26.6. The van der Waals surface area contributed by atoms with Crippen LogP contribution in [0, 0.1) is 0 Å². The highest BCUT2D eigenvalue weighted by atomic mass is 79.9. The molecule has 0 aliphatic carbocycles. The fraction of sp³-hybridized carbons (Fsp3) is 0.211. The molecule has 1 aromatic heterocycles. The molecule has 0 amide bonds. The van der Waals surface area contributed by atoms with E-state index in [0.717, 1.165) is 16.9 Å². The number of hydrogen-bond donors (Lipinski definition) is 1. The van der Waals surface area contributed by atoms with E-state index < -0.39 is 10.0 Å². The SMILES string of the molecule is Br.CCN(CC)S(=O)(=O)c1ccc(-c2csc(Nc3cc(Cl)cc(Cl)c3)n2)cc1. The van der Waals surface area contributed by atoms with Crippen LogP contribution in [0.2, 0.25) is 10.0 Å². The minimum atomic E-state index is -3.47. The summed E-state index contributed by atoms with van der Waals surface area (Å²) in [6.07, 6.45) is 0. The van der Waals surface area contributed by atoms with Gasteiger partial charge >= 0.3 is 0 Å². The Bertz CT molecular complexity index is 1050. The third-order valence-corrected chi connectivity index (χ3v) is 7.37. The van der Waals surface area contributed by atoms with Crippen molar-refractivity contribution in [2.45, 2.75) is 18.7 Å². The van der Waals surface area contributed by atoms with E-state index in [0.29, 0.717) is 28.3 Å². The maximum Gasteiger partial charge on any atom is 0.243 e. The molecule has 1 N–H and O–H groups in total. The lowest BCUT2D eigenvalue weighted by atomic mass is 10.2. The van der Waals surface area contributed by atoms with Gasteiger partial charge in [-0.25, -0.2) is 13.4 Å². The first-order valence-corrected chi connectivity index (χ1v) is 11.7. The van der Waals surface area contributed by atoms with Crippen molar-refractivity contribution in [3.8, 4) is 11.3 Å². The lowest BCUT2D eigenvalue weighted by Gasteiger charge is -2.18. The van der Waals surface area contributed by atoms with Gasteiger partial charge in [-0.15, -0.1) is 28.3 Å². The van der Waals surface area contributed by atoms with Gasteiger partial charge in [0.05, 0.1) is 10.6 Å². The molecule has 0 bridgehead atoms. The van der Waals surface area contributed by atoms with E-state index in [4.69, 9.17) is 23.2 Å². The summed E-state index contributed by atoms with van der Waals surface area (Å²) in [6.45, 7) is 4.53. The topological polar surface area (TPSA) is 62.3 Å². The Labute approximate surface area is 195 Å². The van der Waals surface area contributed by atoms with Crippen molar-refractivity contribution in [3.63, 3.8) is 0 Å². The van der Waals surface area contributed by atoms with Crippen LogP contribution in [-0.2, 0) is 10.0 Å². The number of halogens is 3. The molecule has 0 radical (unpaired) electrons. The van der Waals surface area contributed by atoms with Crippen molar-refractivity contribution >= 4 is 72.4 Å². The van der Waals surface area contributed by atoms with E-state index in [1.165, 1.54) is 15.6 Å². The first-order valence-electron chi connectivity index (χ1n) is 8.62. The largest absolute Gasteiger partial charge is 0.331 e. The minimum absolute atomic E-state index is 0. The summed E-state index contributed by atoms with van der Waals surface area (Å²) in [6, 6.07) is 12.0.